The van der Waals surface area contributed by atoms with Gasteiger partial charge in [0.2, 0.25) is 0 Å². The van der Waals surface area contributed by atoms with Crippen LogP contribution in [0.2, 0.25) is 0 Å². The summed E-state index contributed by atoms with van der Waals surface area (Å²) in [7, 11) is 0. The molecule has 1 aliphatic heterocycles. The SMILES string of the molecule is CC1SCCN(CC2(CS)CC2)C1C. The Balaban J connectivity index is 1.90. The predicted octanol–water partition coefficient (Wildman–Crippen LogP) is 2.52. The van der Waals surface area contributed by atoms with E-state index in [1.165, 1.54) is 31.7 Å². The molecule has 2 atom stereocenters. The Hall–Kier alpha value is 0.660. The zero-order valence-electron chi connectivity index (χ0n) is 9.20. The lowest BCUT2D eigenvalue weighted by Crippen LogP contribution is -2.47. The second kappa shape index (κ2) is 4.26. The Morgan fingerprint density at radius 3 is 2.71 bits per heavy atom. The van der Waals surface area contributed by atoms with Crippen molar-refractivity contribution < 1.29 is 0 Å². The minimum atomic E-state index is 0.596. The van der Waals surface area contributed by atoms with Crippen molar-refractivity contribution in [3.8, 4) is 0 Å². The quantitative estimate of drug-likeness (QED) is 0.744. The van der Waals surface area contributed by atoms with E-state index < -0.39 is 0 Å². The maximum absolute atomic E-state index is 4.48. The minimum Gasteiger partial charge on any atom is -0.298 e. The highest BCUT2D eigenvalue weighted by atomic mass is 32.2. The Bertz CT molecular complexity index is 203. The van der Waals surface area contributed by atoms with Gasteiger partial charge in [0.1, 0.15) is 0 Å². The van der Waals surface area contributed by atoms with Crippen molar-refractivity contribution in [3.63, 3.8) is 0 Å². The number of nitrogens with zero attached hydrogens (tertiary/aromatic N) is 1. The molecule has 0 amide bonds. The minimum absolute atomic E-state index is 0.596. The van der Waals surface area contributed by atoms with Gasteiger partial charge in [0.25, 0.3) is 0 Å². The molecule has 0 radical (unpaired) electrons. The third-order valence-corrected chi connectivity index (χ3v) is 5.85. The van der Waals surface area contributed by atoms with Gasteiger partial charge in [-0.25, -0.2) is 0 Å². The van der Waals surface area contributed by atoms with Crippen molar-refractivity contribution in [1.29, 1.82) is 0 Å². The molecule has 2 aliphatic rings. The van der Waals surface area contributed by atoms with E-state index in [0.29, 0.717) is 5.41 Å². The van der Waals surface area contributed by atoms with E-state index >= 15 is 0 Å². The van der Waals surface area contributed by atoms with E-state index in [9.17, 15) is 0 Å². The van der Waals surface area contributed by atoms with Crippen LogP contribution < -0.4 is 0 Å². The van der Waals surface area contributed by atoms with Crippen molar-refractivity contribution >= 4 is 24.4 Å². The summed E-state index contributed by atoms with van der Waals surface area (Å²) in [5, 5.41) is 0.805. The molecule has 2 rings (SSSR count). The average Bonchev–Trinajstić information content (AvgIpc) is 2.94. The summed E-state index contributed by atoms with van der Waals surface area (Å²) in [6.07, 6.45) is 2.81. The smallest absolute Gasteiger partial charge is 0.0184 e. The van der Waals surface area contributed by atoms with Crippen molar-refractivity contribution in [2.45, 2.75) is 38.0 Å². The predicted molar refractivity (Wildman–Crippen MR) is 68.5 cm³/mol. The van der Waals surface area contributed by atoms with Crippen LogP contribution in [0.3, 0.4) is 0 Å². The second-order valence-corrected chi connectivity index (χ2v) is 6.75. The molecule has 2 fully saturated rings. The molecular formula is C11H21NS2. The van der Waals surface area contributed by atoms with Crippen LogP contribution in [0.1, 0.15) is 26.7 Å². The molecule has 2 unspecified atom stereocenters. The number of hydrogen-bond donors (Lipinski definition) is 1. The van der Waals surface area contributed by atoms with Gasteiger partial charge in [-0.15, -0.1) is 0 Å². The van der Waals surface area contributed by atoms with Gasteiger partial charge in [-0.1, -0.05) is 6.92 Å². The van der Waals surface area contributed by atoms with Gasteiger partial charge in [-0.3, -0.25) is 4.90 Å². The van der Waals surface area contributed by atoms with Crippen molar-refractivity contribution in [2.24, 2.45) is 5.41 Å². The van der Waals surface area contributed by atoms with E-state index in [2.05, 4.69) is 43.1 Å². The molecule has 82 valence electrons. The Labute approximate surface area is 97.4 Å². The average molecular weight is 231 g/mol. The van der Waals surface area contributed by atoms with Gasteiger partial charge in [-0.05, 0) is 30.9 Å². The topological polar surface area (TPSA) is 3.24 Å². The van der Waals surface area contributed by atoms with Crippen LogP contribution in [0, 0.1) is 5.41 Å². The van der Waals surface area contributed by atoms with Crippen LogP contribution in [0.4, 0.5) is 0 Å². The molecule has 0 aromatic carbocycles. The van der Waals surface area contributed by atoms with Crippen molar-refractivity contribution in [3.05, 3.63) is 0 Å². The molecule has 0 aromatic rings. The Kier molecular flexibility index (Phi) is 3.40. The zero-order chi connectivity index (χ0) is 10.2. The largest absolute Gasteiger partial charge is 0.298 e. The normalized spacial score (nSPS) is 37.1. The van der Waals surface area contributed by atoms with E-state index in [-0.39, 0.29) is 0 Å². The fourth-order valence-corrected chi connectivity index (χ4v) is 3.77. The van der Waals surface area contributed by atoms with E-state index in [4.69, 9.17) is 0 Å². The first-order valence-electron chi connectivity index (χ1n) is 5.63. The molecular weight excluding hydrogens is 210 g/mol. The van der Waals surface area contributed by atoms with Crippen LogP contribution in [0.5, 0.6) is 0 Å². The Morgan fingerprint density at radius 2 is 2.14 bits per heavy atom. The summed E-state index contributed by atoms with van der Waals surface area (Å²) >= 11 is 6.61. The third-order valence-electron chi connectivity index (χ3n) is 3.85. The molecule has 1 nitrogen and oxygen atoms in total. The summed E-state index contributed by atoms with van der Waals surface area (Å²) in [5.41, 5.74) is 0.596. The number of rotatable bonds is 3. The lowest BCUT2D eigenvalue weighted by Gasteiger charge is -2.39. The lowest BCUT2D eigenvalue weighted by molar-refractivity contribution is 0.179. The van der Waals surface area contributed by atoms with E-state index in [0.717, 1.165) is 17.0 Å². The fraction of sp³-hybridized carbons (Fsp3) is 1.00. The van der Waals surface area contributed by atoms with Gasteiger partial charge < -0.3 is 0 Å². The van der Waals surface area contributed by atoms with Crippen LogP contribution in [0.15, 0.2) is 0 Å². The summed E-state index contributed by atoms with van der Waals surface area (Å²) in [6, 6.07) is 0.756. The molecule has 0 N–H and O–H groups in total. The standard InChI is InChI=1S/C11H21NS2/c1-9-10(2)14-6-5-12(9)7-11(8-13)3-4-11/h9-10,13H,3-8H2,1-2H3. The fourth-order valence-electron chi connectivity index (χ4n) is 2.19. The van der Waals surface area contributed by atoms with Crippen LogP contribution in [-0.4, -0.2) is 40.8 Å². The summed E-state index contributed by atoms with van der Waals surface area (Å²) in [4.78, 5) is 2.68. The molecule has 0 bridgehead atoms. The first-order valence-corrected chi connectivity index (χ1v) is 7.31. The summed E-state index contributed by atoms with van der Waals surface area (Å²) in [6.45, 7) is 7.32. The maximum atomic E-state index is 4.48. The maximum Gasteiger partial charge on any atom is 0.0184 e. The molecule has 1 aliphatic carbocycles. The molecule has 14 heavy (non-hydrogen) atoms. The highest BCUT2D eigenvalue weighted by molar-refractivity contribution is 8.00. The third kappa shape index (κ3) is 2.25. The summed E-state index contributed by atoms with van der Waals surface area (Å²) in [5.74, 6) is 2.39. The van der Waals surface area contributed by atoms with Crippen LogP contribution >= 0.6 is 24.4 Å². The molecule has 1 heterocycles. The molecule has 0 spiro atoms. The van der Waals surface area contributed by atoms with Crippen LogP contribution in [-0.2, 0) is 0 Å². The number of thiol groups is 1. The second-order valence-electron chi connectivity index (χ2n) is 4.95. The molecule has 0 aromatic heterocycles. The Morgan fingerprint density at radius 1 is 1.43 bits per heavy atom. The van der Waals surface area contributed by atoms with Gasteiger partial charge in [-0.2, -0.15) is 24.4 Å². The van der Waals surface area contributed by atoms with Crippen LogP contribution in [0.25, 0.3) is 0 Å². The number of hydrogen-bond acceptors (Lipinski definition) is 3. The van der Waals surface area contributed by atoms with Gasteiger partial charge in [0.15, 0.2) is 0 Å². The first-order chi connectivity index (χ1) is 6.67. The first kappa shape index (κ1) is 11.2. The zero-order valence-corrected chi connectivity index (χ0v) is 10.9. The van der Waals surface area contributed by atoms with Gasteiger partial charge >= 0.3 is 0 Å². The van der Waals surface area contributed by atoms with E-state index in [1.807, 2.05) is 0 Å². The van der Waals surface area contributed by atoms with Crippen molar-refractivity contribution in [1.82, 2.24) is 4.90 Å². The highest BCUT2D eigenvalue weighted by Crippen LogP contribution is 2.47. The van der Waals surface area contributed by atoms with E-state index in [1.54, 1.807) is 0 Å². The monoisotopic (exact) mass is 231 g/mol. The number of thioether (sulfide) groups is 1. The summed E-state index contributed by atoms with van der Waals surface area (Å²) < 4.78 is 0. The molecule has 1 saturated heterocycles. The lowest BCUT2D eigenvalue weighted by atomic mass is 10.1. The molecule has 1 saturated carbocycles. The van der Waals surface area contributed by atoms with Gasteiger partial charge in [0.05, 0.1) is 0 Å². The van der Waals surface area contributed by atoms with Crippen molar-refractivity contribution in [2.75, 3.05) is 24.6 Å². The molecule has 3 heteroatoms. The van der Waals surface area contributed by atoms with Gasteiger partial charge in [0, 0.05) is 30.1 Å². The highest BCUT2D eigenvalue weighted by Gasteiger charge is 2.44.